The minimum absolute atomic E-state index is 0.108. The summed E-state index contributed by atoms with van der Waals surface area (Å²) in [5.41, 5.74) is 4.54. The molecule has 4 aromatic rings. The molecule has 0 saturated carbocycles. The zero-order valence-electron chi connectivity index (χ0n) is 21.7. The number of sulfone groups is 1. The lowest BCUT2D eigenvalue weighted by Gasteiger charge is -2.18. The molecular weight excluding hydrogens is 498 g/mol. The number of anilines is 1. The highest BCUT2D eigenvalue weighted by Gasteiger charge is 2.21. The van der Waals surface area contributed by atoms with E-state index in [0.29, 0.717) is 5.69 Å². The third kappa shape index (κ3) is 5.37. The predicted octanol–water partition coefficient (Wildman–Crippen LogP) is 5.65. The van der Waals surface area contributed by atoms with Gasteiger partial charge in [0.2, 0.25) is 0 Å². The SMILES string of the molecule is COc1cc(S(=O)(=O)Cc2ccc3c(c2)CN(C)C3)ccc1NC(=O)NC(C)c1cccc2ccccc12. The lowest BCUT2D eigenvalue weighted by molar-refractivity contribution is 0.249. The van der Waals surface area contributed by atoms with Crippen LogP contribution in [-0.4, -0.2) is 33.5 Å². The Morgan fingerprint density at radius 2 is 1.74 bits per heavy atom. The van der Waals surface area contributed by atoms with Gasteiger partial charge in [0.1, 0.15) is 5.75 Å². The molecule has 0 spiro atoms. The summed E-state index contributed by atoms with van der Waals surface area (Å²) in [6.45, 7) is 3.62. The maximum absolute atomic E-state index is 13.2. The first-order chi connectivity index (χ1) is 18.2. The first-order valence-corrected chi connectivity index (χ1v) is 14.1. The van der Waals surface area contributed by atoms with Gasteiger partial charge in [0.05, 0.1) is 29.5 Å². The largest absolute Gasteiger partial charge is 0.495 e. The number of carbonyl (C=O) groups is 1. The van der Waals surface area contributed by atoms with Gasteiger partial charge in [0, 0.05) is 19.2 Å². The van der Waals surface area contributed by atoms with Crippen molar-refractivity contribution in [3.63, 3.8) is 0 Å². The maximum atomic E-state index is 13.2. The lowest BCUT2D eigenvalue weighted by atomic mass is 10.00. The van der Waals surface area contributed by atoms with Crippen molar-refractivity contribution in [1.82, 2.24) is 10.2 Å². The molecule has 2 amide bonds. The Hall–Kier alpha value is -3.88. The molecule has 1 aliphatic rings. The summed E-state index contributed by atoms with van der Waals surface area (Å²) < 4.78 is 31.9. The van der Waals surface area contributed by atoms with E-state index >= 15 is 0 Å². The van der Waals surface area contributed by atoms with E-state index < -0.39 is 15.9 Å². The van der Waals surface area contributed by atoms with Crippen molar-refractivity contribution < 1.29 is 17.9 Å². The number of fused-ring (bicyclic) bond motifs is 2. The van der Waals surface area contributed by atoms with Gasteiger partial charge in [-0.05, 0) is 59.1 Å². The van der Waals surface area contributed by atoms with Crippen LogP contribution in [0.25, 0.3) is 10.8 Å². The summed E-state index contributed by atoms with van der Waals surface area (Å²) in [6, 6.07) is 23.7. The van der Waals surface area contributed by atoms with Gasteiger partial charge in [-0.25, -0.2) is 13.2 Å². The first-order valence-electron chi connectivity index (χ1n) is 12.5. The van der Waals surface area contributed by atoms with Gasteiger partial charge in [-0.2, -0.15) is 0 Å². The fourth-order valence-electron chi connectivity index (χ4n) is 5.04. The average Bonchev–Trinajstić information content (AvgIpc) is 3.27. The van der Waals surface area contributed by atoms with E-state index in [4.69, 9.17) is 4.74 Å². The standard InChI is InChI=1S/C30H31N3O4S/c1-20(26-10-6-8-22-7-4-5-9-27(22)26)31-30(34)32-28-14-13-25(16-29(28)37-3)38(35,36)19-21-11-12-23-17-33(2)18-24(23)15-21/h4-16,20H,17-19H2,1-3H3,(H2,31,32,34). The van der Waals surface area contributed by atoms with E-state index in [1.165, 1.54) is 30.4 Å². The Balaban J connectivity index is 1.29. The van der Waals surface area contributed by atoms with Gasteiger partial charge in [-0.3, -0.25) is 4.90 Å². The van der Waals surface area contributed by atoms with Crippen LogP contribution in [-0.2, 0) is 28.7 Å². The zero-order chi connectivity index (χ0) is 26.9. The summed E-state index contributed by atoms with van der Waals surface area (Å²) in [7, 11) is -0.126. The lowest BCUT2D eigenvalue weighted by Crippen LogP contribution is -2.31. The van der Waals surface area contributed by atoms with Crippen molar-refractivity contribution in [2.75, 3.05) is 19.5 Å². The van der Waals surface area contributed by atoms with Crippen molar-refractivity contribution in [2.45, 2.75) is 36.7 Å². The minimum atomic E-state index is -3.62. The molecular formula is C30H31N3O4S. The Morgan fingerprint density at radius 1 is 0.974 bits per heavy atom. The number of ether oxygens (including phenoxy) is 1. The minimum Gasteiger partial charge on any atom is -0.495 e. The summed E-state index contributed by atoms with van der Waals surface area (Å²) in [5, 5.41) is 7.93. The van der Waals surface area contributed by atoms with Crippen LogP contribution in [0, 0.1) is 0 Å². The highest BCUT2D eigenvalue weighted by molar-refractivity contribution is 7.90. The Morgan fingerprint density at radius 3 is 2.55 bits per heavy atom. The number of rotatable bonds is 7. The topological polar surface area (TPSA) is 87.7 Å². The molecule has 1 heterocycles. The number of hydrogen-bond donors (Lipinski definition) is 2. The van der Waals surface area contributed by atoms with Crippen LogP contribution in [0.2, 0.25) is 0 Å². The van der Waals surface area contributed by atoms with Crippen molar-refractivity contribution in [1.29, 1.82) is 0 Å². The molecule has 1 aliphatic heterocycles. The number of methoxy groups -OCH3 is 1. The van der Waals surface area contributed by atoms with Crippen molar-refractivity contribution in [2.24, 2.45) is 0 Å². The zero-order valence-corrected chi connectivity index (χ0v) is 22.5. The summed E-state index contributed by atoms with van der Waals surface area (Å²) in [4.78, 5) is 15.2. The predicted molar refractivity (Wildman–Crippen MR) is 150 cm³/mol. The molecule has 0 aliphatic carbocycles. The van der Waals surface area contributed by atoms with E-state index in [1.807, 2.05) is 74.6 Å². The number of hydrogen-bond acceptors (Lipinski definition) is 5. The molecule has 0 bridgehead atoms. The molecule has 0 fully saturated rings. The van der Waals surface area contributed by atoms with Crippen LogP contribution in [0.1, 0.15) is 35.2 Å². The quantitative estimate of drug-likeness (QED) is 0.323. The molecule has 0 radical (unpaired) electrons. The Kier molecular flexibility index (Phi) is 7.10. The molecule has 2 N–H and O–H groups in total. The molecule has 1 atom stereocenters. The van der Waals surface area contributed by atoms with E-state index in [0.717, 1.165) is 35.0 Å². The molecule has 0 aromatic heterocycles. The van der Waals surface area contributed by atoms with Crippen LogP contribution in [0.3, 0.4) is 0 Å². The van der Waals surface area contributed by atoms with Crippen molar-refractivity contribution in [3.05, 3.63) is 101 Å². The molecule has 7 nitrogen and oxygen atoms in total. The van der Waals surface area contributed by atoms with Crippen LogP contribution in [0.15, 0.2) is 83.8 Å². The fourth-order valence-corrected chi connectivity index (χ4v) is 6.39. The van der Waals surface area contributed by atoms with Gasteiger partial charge >= 0.3 is 6.03 Å². The van der Waals surface area contributed by atoms with Crippen LogP contribution in [0.5, 0.6) is 5.75 Å². The monoisotopic (exact) mass is 529 g/mol. The van der Waals surface area contributed by atoms with Gasteiger partial charge in [0.15, 0.2) is 9.84 Å². The first kappa shape index (κ1) is 25.8. The Labute approximate surface area is 223 Å². The number of urea groups is 1. The fraction of sp³-hybridized carbons (Fsp3) is 0.233. The van der Waals surface area contributed by atoms with Gasteiger partial charge < -0.3 is 15.4 Å². The summed E-state index contributed by atoms with van der Waals surface area (Å²) in [5.74, 6) is 0.165. The molecule has 196 valence electrons. The second-order valence-electron chi connectivity index (χ2n) is 9.79. The Bertz CT molecular complexity index is 1610. The number of amides is 2. The third-order valence-corrected chi connectivity index (χ3v) is 8.61. The van der Waals surface area contributed by atoms with Gasteiger partial charge in [0.25, 0.3) is 0 Å². The highest BCUT2D eigenvalue weighted by atomic mass is 32.2. The second-order valence-corrected chi connectivity index (χ2v) is 11.8. The number of nitrogens with one attached hydrogen (secondary N) is 2. The van der Waals surface area contributed by atoms with E-state index in [-0.39, 0.29) is 22.4 Å². The van der Waals surface area contributed by atoms with Crippen molar-refractivity contribution >= 4 is 32.3 Å². The maximum Gasteiger partial charge on any atom is 0.319 e. The second kappa shape index (κ2) is 10.5. The molecule has 38 heavy (non-hydrogen) atoms. The molecule has 5 rings (SSSR count). The van der Waals surface area contributed by atoms with Crippen LogP contribution < -0.4 is 15.4 Å². The average molecular weight is 530 g/mol. The summed E-state index contributed by atoms with van der Waals surface area (Å²) >= 11 is 0. The van der Waals surface area contributed by atoms with Crippen molar-refractivity contribution in [3.8, 4) is 5.75 Å². The molecule has 8 heteroatoms. The number of carbonyl (C=O) groups excluding carboxylic acids is 1. The number of benzene rings is 4. The summed E-state index contributed by atoms with van der Waals surface area (Å²) in [6.07, 6.45) is 0. The van der Waals surface area contributed by atoms with E-state index in [9.17, 15) is 13.2 Å². The number of nitrogens with zero attached hydrogens (tertiary/aromatic N) is 1. The van der Waals surface area contributed by atoms with Gasteiger partial charge in [-0.15, -0.1) is 0 Å². The van der Waals surface area contributed by atoms with E-state index in [1.54, 1.807) is 6.07 Å². The normalized spacial score (nSPS) is 14.2. The van der Waals surface area contributed by atoms with Gasteiger partial charge in [-0.1, -0.05) is 60.7 Å². The highest BCUT2D eigenvalue weighted by Crippen LogP contribution is 2.31. The molecule has 4 aromatic carbocycles. The van der Waals surface area contributed by atoms with Crippen LogP contribution in [0.4, 0.5) is 10.5 Å². The molecule has 1 unspecified atom stereocenters. The van der Waals surface area contributed by atoms with E-state index in [2.05, 4.69) is 15.5 Å². The third-order valence-electron chi connectivity index (χ3n) is 6.93. The van der Waals surface area contributed by atoms with Crippen LogP contribution >= 0.6 is 0 Å². The smallest absolute Gasteiger partial charge is 0.319 e. The molecule has 0 saturated heterocycles.